The SMILES string of the molecule is Cc1cp(-c2cccc3cccnc23)cc1C. The zero-order valence-electron chi connectivity index (χ0n) is 10.0. The number of para-hydroxylation sites is 1. The molecular formula is C15H14NP. The summed E-state index contributed by atoms with van der Waals surface area (Å²) in [6.45, 7) is 4.37. The molecule has 0 fully saturated rings. The molecule has 0 bridgehead atoms. The van der Waals surface area contributed by atoms with Crippen molar-refractivity contribution in [2.45, 2.75) is 13.8 Å². The van der Waals surface area contributed by atoms with E-state index in [1.165, 1.54) is 21.8 Å². The fourth-order valence-corrected chi connectivity index (χ4v) is 4.38. The Balaban J connectivity index is 2.30. The predicted molar refractivity (Wildman–Crippen MR) is 75.3 cm³/mol. The second kappa shape index (κ2) is 4.01. The molecule has 0 radical (unpaired) electrons. The maximum absolute atomic E-state index is 4.53. The largest absolute Gasteiger partial charge is 0.255 e. The van der Waals surface area contributed by atoms with Crippen molar-refractivity contribution in [3.8, 4) is 5.30 Å². The number of pyridine rings is 1. The summed E-state index contributed by atoms with van der Waals surface area (Å²) >= 11 is 0. The van der Waals surface area contributed by atoms with Crippen LogP contribution in [0, 0.1) is 13.8 Å². The molecule has 0 aliphatic carbocycles. The minimum atomic E-state index is -0.305. The Hall–Kier alpha value is -1.59. The van der Waals surface area contributed by atoms with Crippen LogP contribution in [0.2, 0.25) is 0 Å². The number of hydrogen-bond acceptors (Lipinski definition) is 1. The fraction of sp³-hybridized carbons (Fsp3) is 0.133. The molecule has 2 heteroatoms. The van der Waals surface area contributed by atoms with Gasteiger partial charge in [-0.1, -0.05) is 25.7 Å². The lowest BCUT2D eigenvalue weighted by Crippen LogP contribution is -1.78. The molecule has 0 saturated carbocycles. The summed E-state index contributed by atoms with van der Waals surface area (Å²) in [5.74, 6) is 4.77. The Morgan fingerprint density at radius 2 is 1.65 bits per heavy atom. The van der Waals surface area contributed by atoms with Gasteiger partial charge in [0, 0.05) is 16.9 Å². The Morgan fingerprint density at radius 3 is 2.41 bits per heavy atom. The van der Waals surface area contributed by atoms with Crippen molar-refractivity contribution in [2.24, 2.45) is 0 Å². The van der Waals surface area contributed by atoms with E-state index >= 15 is 0 Å². The van der Waals surface area contributed by atoms with Crippen LogP contribution in [0.25, 0.3) is 16.2 Å². The molecule has 0 aliphatic rings. The zero-order valence-corrected chi connectivity index (χ0v) is 10.9. The molecule has 0 unspecified atom stereocenters. The lowest BCUT2D eigenvalue weighted by molar-refractivity contribution is 1.41. The first kappa shape index (κ1) is 10.6. The van der Waals surface area contributed by atoms with E-state index < -0.39 is 0 Å². The average molecular weight is 239 g/mol. The first-order chi connectivity index (χ1) is 8.25. The Morgan fingerprint density at radius 1 is 0.941 bits per heavy atom. The predicted octanol–water partition coefficient (Wildman–Crippen LogP) is 4.83. The molecule has 0 aliphatic heterocycles. The molecule has 0 atom stereocenters. The van der Waals surface area contributed by atoms with E-state index in [2.05, 4.69) is 54.7 Å². The molecule has 3 rings (SSSR count). The molecule has 2 aromatic heterocycles. The summed E-state index contributed by atoms with van der Waals surface area (Å²) in [5.41, 5.74) is 3.96. The van der Waals surface area contributed by atoms with E-state index in [1.54, 1.807) is 0 Å². The van der Waals surface area contributed by atoms with E-state index in [0.717, 1.165) is 5.52 Å². The van der Waals surface area contributed by atoms with Crippen LogP contribution < -0.4 is 0 Å². The number of nitrogens with zero attached hydrogens (tertiary/aromatic N) is 1. The fourth-order valence-electron chi connectivity index (χ4n) is 2.09. The number of hydrogen-bond donors (Lipinski definition) is 0. The third-order valence-electron chi connectivity index (χ3n) is 3.18. The summed E-state index contributed by atoms with van der Waals surface area (Å²) < 4.78 is 0. The highest BCUT2D eigenvalue weighted by Gasteiger charge is 2.06. The van der Waals surface area contributed by atoms with Crippen molar-refractivity contribution in [3.05, 3.63) is 59.3 Å². The van der Waals surface area contributed by atoms with Crippen molar-refractivity contribution in [2.75, 3.05) is 0 Å². The van der Waals surface area contributed by atoms with Crippen LogP contribution in [0.3, 0.4) is 0 Å². The Bertz CT molecular complexity index is 657. The van der Waals surface area contributed by atoms with Gasteiger partial charge in [0.05, 0.1) is 5.52 Å². The molecule has 17 heavy (non-hydrogen) atoms. The van der Waals surface area contributed by atoms with Crippen LogP contribution in [-0.2, 0) is 0 Å². The maximum Gasteiger partial charge on any atom is 0.0816 e. The molecule has 3 aromatic rings. The van der Waals surface area contributed by atoms with Crippen LogP contribution >= 0.6 is 7.53 Å². The maximum atomic E-state index is 4.53. The molecule has 0 N–H and O–H groups in total. The summed E-state index contributed by atoms with van der Waals surface area (Å²) in [6, 6.07) is 10.6. The number of fused-ring (bicyclic) bond motifs is 1. The minimum absolute atomic E-state index is 0.305. The van der Waals surface area contributed by atoms with Gasteiger partial charge >= 0.3 is 0 Å². The quantitative estimate of drug-likeness (QED) is 0.592. The monoisotopic (exact) mass is 239 g/mol. The van der Waals surface area contributed by atoms with Crippen molar-refractivity contribution >= 4 is 18.4 Å². The van der Waals surface area contributed by atoms with Gasteiger partial charge in [-0.2, -0.15) is 0 Å². The van der Waals surface area contributed by atoms with E-state index in [9.17, 15) is 0 Å². The molecule has 1 aromatic carbocycles. The number of rotatable bonds is 1. The first-order valence-corrected chi connectivity index (χ1v) is 7.23. The smallest absolute Gasteiger partial charge is 0.0816 e. The van der Waals surface area contributed by atoms with Crippen LogP contribution in [0.4, 0.5) is 0 Å². The van der Waals surface area contributed by atoms with Gasteiger partial charge in [-0.05, 0) is 48.7 Å². The average Bonchev–Trinajstić information content (AvgIpc) is 2.69. The summed E-state index contributed by atoms with van der Waals surface area (Å²) in [5, 5.41) is 2.60. The van der Waals surface area contributed by atoms with Gasteiger partial charge < -0.3 is 0 Å². The Labute approximate surface area is 102 Å². The second-order valence-electron chi connectivity index (χ2n) is 4.38. The summed E-state index contributed by atoms with van der Waals surface area (Å²) in [6.07, 6.45) is 1.88. The molecule has 0 amide bonds. The highest BCUT2D eigenvalue weighted by Crippen LogP contribution is 2.44. The number of aryl methyl sites for hydroxylation is 2. The molecule has 0 saturated heterocycles. The van der Waals surface area contributed by atoms with E-state index in [1.807, 2.05) is 12.3 Å². The van der Waals surface area contributed by atoms with Gasteiger partial charge in [0.15, 0.2) is 0 Å². The molecular weight excluding hydrogens is 225 g/mol. The number of aromatic nitrogens is 1. The Kier molecular flexibility index (Phi) is 2.49. The first-order valence-electron chi connectivity index (χ1n) is 5.75. The summed E-state index contributed by atoms with van der Waals surface area (Å²) in [4.78, 5) is 4.53. The molecule has 84 valence electrons. The lowest BCUT2D eigenvalue weighted by atomic mass is 10.2. The van der Waals surface area contributed by atoms with Crippen molar-refractivity contribution in [3.63, 3.8) is 0 Å². The molecule has 2 heterocycles. The molecule has 0 spiro atoms. The van der Waals surface area contributed by atoms with Gasteiger partial charge in [0.25, 0.3) is 0 Å². The van der Waals surface area contributed by atoms with Gasteiger partial charge in [0.2, 0.25) is 0 Å². The van der Waals surface area contributed by atoms with E-state index in [4.69, 9.17) is 0 Å². The van der Waals surface area contributed by atoms with Gasteiger partial charge in [-0.25, -0.2) is 0 Å². The molecule has 1 nitrogen and oxygen atoms in total. The van der Waals surface area contributed by atoms with Crippen molar-refractivity contribution in [1.82, 2.24) is 4.98 Å². The highest BCUT2D eigenvalue weighted by atomic mass is 31.1. The van der Waals surface area contributed by atoms with Crippen LogP contribution in [0.5, 0.6) is 0 Å². The third-order valence-corrected chi connectivity index (χ3v) is 5.43. The normalized spacial score (nSPS) is 10.9. The van der Waals surface area contributed by atoms with Gasteiger partial charge in [-0.3, -0.25) is 4.98 Å². The number of benzene rings is 1. The minimum Gasteiger partial charge on any atom is -0.255 e. The second-order valence-corrected chi connectivity index (χ2v) is 6.20. The van der Waals surface area contributed by atoms with Crippen LogP contribution in [0.1, 0.15) is 11.1 Å². The van der Waals surface area contributed by atoms with Crippen molar-refractivity contribution in [1.29, 1.82) is 0 Å². The zero-order chi connectivity index (χ0) is 11.8. The van der Waals surface area contributed by atoms with E-state index in [0.29, 0.717) is 0 Å². The lowest BCUT2D eigenvalue weighted by Gasteiger charge is -2.03. The standard InChI is InChI=1S/C15H14NP/c1-11-9-17(10-12(11)2)14-7-3-5-13-6-4-8-16-15(13)14/h3-10H,1-2H3. The highest BCUT2D eigenvalue weighted by molar-refractivity contribution is 7.56. The third kappa shape index (κ3) is 1.77. The van der Waals surface area contributed by atoms with Gasteiger partial charge in [0.1, 0.15) is 0 Å². The van der Waals surface area contributed by atoms with Gasteiger partial charge in [-0.15, -0.1) is 0 Å². The van der Waals surface area contributed by atoms with Crippen LogP contribution in [0.15, 0.2) is 48.1 Å². The van der Waals surface area contributed by atoms with E-state index in [-0.39, 0.29) is 7.53 Å². The summed E-state index contributed by atoms with van der Waals surface area (Å²) in [7, 11) is -0.305. The van der Waals surface area contributed by atoms with Crippen LogP contribution in [-0.4, -0.2) is 4.98 Å². The van der Waals surface area contributed by atoms with Crippen molar-refractivity contribution < 1.29 is 0 Å². The topological polar surface area (TPSA) is 12.9 Å².